The van der Waals surface area contributed by atoms with Crippen LogP contribution in [-0.2, 0) is 6.54 Å². The second-order valence-corrected chi connectivity index (χ2v) is 6.25. The van der Waals surface area contributed by atoms with E-state index in [0.29, 0.717) is 23.0 Å². The minimum absolute atomic E-state index is 0.511. The van der Waals surface area contributed by atoms with Gasteiger partial charge in [-0.05, 0) is 38.1 Å². The van der Waals surface area contributed by atoms with E-state index in [1.807, 2.05) is 24.3 Å². The second kappa shape index (κ2) is 6.18. The van der Waals surface area contributed by atoms with E-state index >= 15 is 0 Å². The minimum Gasteiger partial charge on any atom is -0.444 e. The summed E-state index contributed by atoms with van der Waals surface area (Å²) in [6.07, 6.45) is 1.75. The predicted octanol–water partition coefficient (Wildman–Crippen LogP) is 3.18. The van der Waals surface area contributed by atoms with Crippen molar-refractivity contribution in [2.45, 2.75) is 32.5 Å². The van der Waals surface area contributed by atoms with Crippen LogP contribution in [0, 0.1) is 0 Å². The highest BCUT2D eigenvalue weighted by molar-refractivity contribution is 6.30. The molecule has 0 bridgehead atoms. The van der Waals surface area contributed by atoms with Gasteiger partial charge < -0.3 is 9.73 Å². The first-order valence-corrected chi connectivity index (χ1v) is 7.66. The third kappa shape index (κ3) is 3.64. The van der Waals surface area contributed by atoms with Gasteiger partial charge in [0.1, 0.15) is 6.26 Å². The van der Waals surface area contributed by atoms with Crippen LogP contribution in [0.5, 0.6) is 0 Å². The van der Waals surface area contributed by atoms with E-state index in [2.05, 4.69) is 29.0 Å². The van der Waals surface area contributed by atoms with Crippen molar-refractivity contribution in [3.63, 3.8) is 0 Å². The van der Waals surface area contributed by atoms with E-state index < -0.39 is 0 Å². The molecule has 5 heteroatoms. The summed E-state index contributed by atoms with van der Waals surface area (Å²) in [5.41, 5.74) is 1.92. The maximum atomic E-state index is 5.90. The molecule has 1 fully saturated rings. The van der Waals surface area contributed by atoms with E-state index in [4.69, 9.17) is 16.0 Å². The van der Waals surface area contributed by atoms with Crippen LogP contribution in [-0.4, -0.2) is 35.1 Å². The van der Waals surface area contributed by atoms with Gasteiger partial charge in [0.15, 0.2) is 0 Å². The molecule has 21 heavy (non-hydrogen) atoms. The Morgan fingerprint density at radius 3 is 2.57 bits per heavy atom. The molecule has 4 nitrogen and oxygen atoms in total. The summed E-state index contributed by atoms with van der Waals surface area (Å²) in [5, 5.41) is 4.25. The third-order valence-corrected chi connectivity index (χ3v) is 3.91. The summed E-state index contributed by atoms with van der Waals surface area (Å²) in [5.74, 6) is 0.651. The summed E-state index contributed by atoms with van der Waals surface area (Å²) in [7, 11) is 0. The van der Waals surface area contributed by atoms with E-state index in [1.165, 1.54) is 0 Å². The van der Waals surface area contributed by atoms with Crippen molar-refractivity contribution >= 4 is 11.6 Å². The Bertz CT molecular complexity index is 586. The van der Waals surface area contributed by atoms with Gasteiger partial charge in [-0.1, -0.05) is 11.6 Å². The van der Waals surface area contributed by atoms with Crippen molar-refractivity contribution in [2.24, 2.45) is 0 Å². The van der Waals surface area contributed by atoms with Crippen LogP contribution < -0.4 is 5.32 Å². The molecule has 0 radical (unpaired) electrons. The molecule has 2 unspecified atom stereocenters. The number of oxazole rings is 1. The number of hydrogen-bond acceptors (Lipinski definition) is 4. The number of nitrogens with one attached hydrogen (secondary N) is 1. The maximum absolute atomic E-state index is 5.90. The Hall–Kier alpha value is -1.36. The van der Waals surface area contributed by atoms with Gasteiger partial charge in [0.2, 0.25) is 5.89 Å². The molecule has 0 aliphatic carbocycles. The first kappa shape index (κ1) is 14.6. The normalized spacial score (nSPS) is 23.4. The van der Waals surface area contributed by atoms with Crippen LogP contribution in [0.4, 0.5) is 0 Å². The molecule has 1 aromatic heterocycles. The van der Waals surface area contributed by atoms with Gasteiger partial charge in [-0.25, -0.2) is 4.98 Å². The zero-order valence-corrected chi connectivity index (χ0v) is 13.1. The topological polar surface area (TPSA) is 41.3 Å². The van der Waals surface area contributed by atoms with Gasteiger partial charge in [-0.3, -0.25) is 4.90 Å². The number of piperazine rings is 1. The molecule has 1 N–H and O–H groups in total. The third-order valence-electron chi connectivity index (χ3n) is 3.66. The van der Waals surface area contributed by atoms with Gasteiger partial charge >= 0.3 is 0 Å². The minimum atomic E-state index is 0.511. The Kier molecular flexibility index (Phi) is 4.29. The van der Waals surface area contributed by atoms with Gasteiger partial charge in [0.25, 0.3) is 0 Å². The number of halogens is 1. The molecule has 1 aliphatic heterocycles. The molecule has 3 rings (SSSR count). The fourth-order valence-corrected chi connectivity index (χ4v) is 3.03. The lowest BCUT2D eigenvalue weighted by molar-refractivity contribution is 0.165. The number of hydrogen-bond donors (Lipinski definition) is 1. The van der Waals surface area contributed by atoms with E-state index in [0.717, 1.165) is 30.9 Å². The van der Waals surface area contributed by atoms with Crippen molar-refractivity contribution in [3.8, 4) is 11.5 Å². The van der Waals surface area contributed by atoms with Crippen LogP contribution in [0.1, 0.15) is 19.5 Å². The zero-order valence-electron chi connectivity index (χ0n) is 12.3. The highest BCUT2D eigenvalue weighted by Crippen LogP contribution is 2.21. The Labute approximate surface area is 130 Å². The SMILES string of the molecule is CC1CN(Cc2coc(-c3ccc(Cl)cc3)n2)CC(C)N1. The fraction of sp³-hybridized carbons (Fsp3) is 0.438. The number of nitrogens with zero attached hydrogens (tertiary/aromatic N) is 2. The van der Waals surface area contributed by atoms with Gasteiger partial charge in [0, 0.05) is 42.3 Å². The first-order valence-electron chi connectivity index (χ1n) is 7.29. The Balaban J connectivity index is 1.69. The second-order valence-electron chi connectivity index (χ2n) is 5.81. The lowest BCUT2D eigenvalue weighted by Crippen LogP contribution is -2.53. The number of benzene rings is 1. The largest absolute Gasteiger partial charge is 0.444 e. The van der Waals surface area contributed by atoms with E-state index in [-0.39, 0.29) is 0 Å². The molecule has 0 spiro atoms. The summed E-state index contributed by atoms with van der Waals surface area (Å²) >= 11 is 5.90. The average Bonchev–Trinajstić information content (AvgIpc) is 2.87. The summed E-state index contributed by atoms with van der Waals surface area (Å²) in [4.78, 5) is 6.99. The summed E-state index contributed by atoms with van der Waals surface area (Å²) < 4.78 is 5.59. The standard InChI is InChI=1S/C16H20ClN3O/c1-11-7-20(8-12(2)18-11)9-15-10-21-16(19-15)13-3-5-14(17)6-4-13/h3-6,10-12,18H,7-9H2,1-2H3. The van der Waals surface area contributed by atoms with Crippen LogP contribution in [0.3, 0.4) is 0 Å². The number of aromatic nitrogens is 1. The van der Waals surface area contributed by atoms with Crippen molar-refractivity contribution in [1.29, 1.82) is 0 Å². The van der Waals surface area contributed by atoms with Crippen molar-refractivity contribution in [1.82, 2.24) is 15.2 Å². The quantitative estimate of drug-likeness (QED) is 0.945. The Morgan fingerprint density at radius 2 is 1.90 bits per heavy atom. The molecule has 2 heterocycles. The molecule has 1 aromatic carbocycles. The van der Waals surface area contributed by atoms with Gasteiger partial charge in [-0.15, -0.1) is 0 Å². The predicted molar refractivity (Wildman–Crippen MR) is 84.3 cm³/mol. The van der Waals surface area contributed by atoms with Gasteiger partial charge in [0.05, 0.1) is 5.69 Å². The van der Waals surface area contributed by atoms with E-state index in [1.54, 1.807) is 6.26 Å². The number of rotatable bonds is 3. The Morgan fingerprint density at radius 1 is 1.24 bits per heavy atom. The molecule has 2 atom stereocenters. The van der Waals surface area contributed by atoms with Crippen LogP contribution in [0.25, 0.3) is 11.5 Å². The maximum Gasteiger partial charge on any atom is 0.226 e. The monoisotopic (exact) mass is 305 g/mol. The van der Waals surface area contributed by atoms with E-state index in [9.17, 15) is 0 Å². The molecule has 0 saturated carbocycles. The average molecular weight is 306 g/mol. The molecule has 1 saturated heterocycles. The molecule has 0 amide bonds. The van der Waals surface area contributed by atoms with Crippen molar-refractivity contribution in [3.05, 3.63) is 41.2 Å². The van der Waals surface area contributed by atoms with Crippen LogP contribution >= 0.6 is 11.6 Å². The molecular formula is C16H20ClN3O. The molecule has 112 valence electrons. The first-order chi connectivity index (χ1) is 10.1. The fourth-order valence-electron chi connectivity index (χ4n) is 2.90. The van der Waals surface area contributed by atoms with Crippen LogP contribution in [0.15, 0.2) is 34.9 Å². The van der Waals surface area contributed by atoms with Crippen molar-refractivity contribution in [2.75, 3.05) is 13.1 Å². The summed E-state index contributed by atoms with van der Waals surface area (Å²) in [6, 6.07) is 8.56. The van der Waals surface area contributed by atoms with Crippen molar-refractivity contribution < 1.29 is 4.42 Å². The molecule has 2 aromatic rings. The molecule has 1 aliphatic rings. The molecular weight excluding hydrogens is 286 g/mol. The summed E-state index contributed by atoms with van der Waals surface area (Å²) in [6.45, 7) is 7.32. The zero-order chi connectivity index (χ0) is 14.8. The lowest BCUT2D eigenvalue weighted by Gasteiger charge is -2.35. The lowest BCUT2D eigenvalue weighted by atomic mass is 10.1. The van der Waals surface area contributed by atoms with Crippen LogP contribution in [0.2, 0.25) is 5.02 Å². The smallest absolute Gasteiger partial charge is 0.226 e. The highest BCUT2D eigenvalue weighted by atomic mass is 35.5. The highest BCUT2D eigenvalue weighted by Gasteiger charge is 2.21. The van der Waals surface area contributed by atoms with Gasteiger partial charge in [-0.2, -0.15) is 0 Å².